The Balaban J connectivity index is 2.63. The SMILES string of the molecule is Cc1cn(C(CO)CO)c2ccc(Br)cc12. The molecular formula is C12H14BrNO2. The molecule has 1 aromatic carbocycles. The molecule has 0 spiro atoms. The maximum atomic E-state index is 9.21. The van der Waals surface area contributed by atoms with Crippen LogP contribution in [0.3, 0.4) is 0 Å². The van der Waals surface area contributed by atoms with Gasteiger partial charge in [0.1, 0.15) is 0 Å². The molecule has 0 saturated heterocycles. The number of hydrogen-bond donors (Lipinski definition) is 2. The standard InChI is InChI=1S/C12H14BrNO2/c1-8-5-14(10(6-15)7-16)12-3-2-9(13)4-11(8)12/h2-5,10,15-16H,6-7H2,1H3. The van der Waals surface area contributed by atoms with Gasteiger partial charge in [-0.15, -0.1) is 0 Å². The lowest BCUT2D eigenvalue weighted by molar-refractivity contribution is 0.157. The predicted molar refractivity (Wildman–Crippen MR) is 67.6 cm³/mol. The van der Waals surface area contributed by atoms with Crippen LogP contribution >= 0.6 is 15.9 Å². The van der Waals surface area contributed by atoms with E-state index in [-0.39, 0.29) is 19.3 Å². The average molecular weight is 284 g/mol. The van der Waals surface area contributed by atoms with Crippen molar-refractivity contribution >= 4 is 26.8 Å². The number of benzene rings is 1. The fourth-order valence-electron chi connectivity index (χ4n) is 1.93. The third kappa shape index (κ3) is 1.88. The second kappa shape index (κ2) is 4.57. The van der Waals surface area contributed by atoms with Crippen molar-refractivity contribution in [3.63, 3.8) is 0 Å². The van der Waals surface area contributed by atoms with Crippen molar-refractivity contribution in [1.82, 2.24) is 4.57 Å². The lowest BCUT2D eigenvalue weighted by atomic mass is 10.2. The summed E-state index contributed by atoms with van der Waals surface area (Å²) in [7, 11) is 0. The molecule has 0 unspecified atom stereocenters. The molecule has 86 valence electrons. The molecule has 2 aromatic rings. The van der Waals surface area contributed by atoms with Crippen LogP contribution < -0.4 is 0 Å². The van der Waals surface area contributed by atoms with E-state index in [1.807, 2.05) is 35.9 Å². The van der Waals surface area contributed by atoms with Gasteiger partial charge in [0, 0.05) is 21.6 Å². The van der Waals surface area contributed by atoms with Crippen molar-refractivity contribution in [1.29, 1.82) is 0 Å². The highest BCUT2D eigenvalue weighted by Crippen LogP contribution is 2.27. The summed E-state index contributed by atoms with van der Waals surface area (Å²) in [5.74, 6) is 0. The summed E-state index contributed by atoms with van der Waals surface area (Å²) in [5.41, 5.74) is 2.18. The van der Waals surface area contributed by atoms with E-state index in [0.717, 1.165) is 20.9 Å². The Morgan fingerprint density at radius 3 is 2.62 bits per heavy atom. The lowest BCUT2D eigenvalue weighted by Gasteiger charge is -2.14. The highest BCUT2D eigenvalue weighted by atomic mass is 79.9. The van der Waals surface area contributed by atoms with Crippen LogP contribution in [0.15, 0.2) is 28.9 Å². The number of aryl methyl sites for hydroxylation is 1. The van der Waals surface area contributed by atoms with E-state index in [2.05, 4.69) is 15.9 Å². The van der Waals surface area contributed by atoms with Gasteiger partial charge in [0.25, 0.3) is 0 Å². The van der Waals surface area contributed by atoms with Crippen LogP contribution in [0.25, 0.3) is 10.9 Å². The van der Waals surface area contributed by atoms with E-state index >= 15 is 0 Å². The van der Waals surface area contributed by atoms with Gasteiger partial charge in [0.2, 0.25) is 0 Å². The number of halogens is 1. The zero-order valence-electron chi connectivity index (χ0n) is 9.02. The summed E-state index contributed by atoms with van der Waals surface area (Å²) in [6, 6.07) is 5.74. The summed E-state index contributed by atoms with van der Waals surface area (Å²) < 4.78 is 2.96. The Hall–Kier alpha value is -0.840. The fourth-order valence-corrected chi connectivity index (χ4v) is 2.29. The Morgan fingerprint density at radius 2 is 2.00 bits per heavy atom. The summed E-state index contributed by atoms with van der Waals surface area (Å²) in [4.78, 5) is 0. The van der Waals surface area contributed by atoms with E-state index < -0.39 is 0 Å². The summed E-state index contributed by atoms with van der Waals surface area (Å²) in [6.07, 6.45) is 1.97. The third-order valence-electron chi connectivity index (χ3n) is 2.81. The molecule has 0 amide bonds. The molecule has 3 nitrogen and oxygen atoms in total. The first-order valence-electron chi connectivity index (χ1n) is 5.15. The van der Waals surface area contributed by atoms with Gasteiger partial charge < -0.3 is 14.8 Å². The van der Waals surface area contributed by atoms with Gasteiger partial charge in [-0.05, 0) is 30.7 Å². The largest absolute Gasteiger partial charge is 0.394 e. The molecule has 2 N–H and O–H groups in total. The molecule has 16 heavy (non-hydrogen) atoms. The van der Waals surface area contributed by atoms with E-state index in [4.69, 9.17) is 0 Å². The first kappa shape index (κ1) is 11.6. The van der Waals surface area contributed by atoms with Crippen molar-refractivity contribution < 1.29 is 10.2 Å². The number of aromatic nitrogens is 1. The third-order valence-corrected chi connectivity index (χ3v) is 3.30. The highest BCUT2D eigenvalue weighted by molar-refractivity contribution is 9.10. The minimum Gasteiger partial charge on any atom is -0.394 e. The second-order valence-electron chi connectivity index (χ2n) is 3.90. The molecule has 4 heteroatoms. The number of hydrogen-bond acceptors (Lipinski definition) is 2. The van der Waals surface area contributed by atoms with Gasteiger partial charge in [0.05, 0.1) is 19.3 Å². The van der Waals surface area contributed by atoms with Crippen molar-refractivity contribution in [3.05, 3.63) is 34.4 Å². The van der Waals surface area contributed by atoms with Crippen LogP contribution in [0.1, 0.15) is 11.6 Å². The van der Waals surface area contributed by atoms with Crippen LogP contribution in [-0.2, 0) is 0 Å². The van der Waals surface area contributed by atoms with E-state index in [1.165, 1.54) is 0 Å². The monoisotopic (exact) mass is 283 g/mol. The second-order valence-corrected chi connectivity index (χ2v) is 4.82. The van der Waals surface area contributed by atoms with Crippen molar-refractivity contribution in [2.75, 3.05) is 13.2 Å². The Kier molecular flexibility index (Phi) is 3.33. The molecule has 0 saturated carbocycles. The summed E-state index contributed by atoms with van der Waals surface area (Å²) in [5, 5.41) is 19.6. The molecule has 0 bridgehead atoms. The molecule has 0 atom stereocenters. The minimum absolute atomic E-state index is 0.0597. The Labute approximate surface area is 102 Å². The summed E-state index contributed by atoms with van der Waals surface area (Å²) in [6.45, 7) is 1.91. The Bertz CT molecular complexity index is 503. The molecule has 0 aliphatic carbocycles. The van der Waals surface area contributed by atoms with Gasteiger partial charge in [-0.25, -0.2) is 0 Å². The first-order chi connectivity index (χ1) is 7.67. The lowest BCUT2D eigenvalue weighted by Crippen LogP contribution is -2.16. The zero-order valence-corrected chi connectivity index (χ0v) is 10.6. The normalized spacial score (nSPS) is 11.6. The molecule has 0 aliphatic rings. The van der Waals surface area contributed by atoms with Crippen molar-refractivity contribution in [2.45, 2.75) is 13.0 Å². The molecule has 1 aromatic heterocycles. The Morgan fingerprint density at radius 1 is 1.31 bits per heavy atom. The van der Waals surface area contributed by atoms with Crippen LogP contribution in [0.2, 0.25) is 0 Å². The highest BCUT2D eigenvalue weighted by Gasteiger charge is 2.13. The fraction of sp³-hybridized carbons (Fsp3) is 0.333. The molecular weight excluding hydrogens is 270 g/mol. The van der Waals surface area contributed by atoms with Crippen molar-refractivity contribution in [3.8, 4) is 0 Å². The van der Waals surface area contributed by atoms with Crippen LogP contribution in [0.5, 0.6) is 0 Å². The smallest absolute Gasteiger partial charge is 0.0798 e. The molecule has 0 fully saturated rings. The quantitative estimate of drug-likeness (QED) is 0.908. The number of aliphatic hydroxyl groups excluding tert-OH is 2. The predicted octanol–water partition coefficient (Wildman–Crippen LogP) is 2.24. The number of fused-ring (bicyclic) bond motifs is 1. The van der Waals surface area contributed by atoms with E-state index in [9.17, 15) is 10.2 Å². The van der Waals surface area contributed by atoms with Gasteiger partial charge in [-0.3, -0.25) is 0 Å². The maximum absolute atomic E-state index is 9.21. The average Bonchev–Trinajstić information content (AvgIpc) is 2.58. The molecule has 0 radical (unpaired) electrons. The van der Waals surface area contributed by atoms with Gasteiger partial charge in [-0.1, -0.05) is 15.9 Å². The van der Waals surface area contributed by atoms with E-state index in [1.54, 1.807) is 0 Å². The molecule has 0 aliphatic heterocycles. The number of aliphatic hydroxyl groups is 2. The van der Waals surface area contributed by atoms with E-state index in [0.29, 0.717) is 0 Å². The maximum Gasteiger partial charge on any atom is 0.0798 e. The van der Waals surface area contributed by atoms with Crippen LogP contribution in [0, 0.1) is 6.92 Å². The zero-order chi connectivity index (χ0) is 11.7. The summed E-state index contributed by atoms with van der Waals surface area (Å²) >= 11 is 3.44. The minimum atomic E-state index is -0.266. The topological polar surface area (TPSA) is 45.4 Å². The van der Waals surface area contributed by atoms with Gasteiger partial charge in [-0.2, -0.15) is 0 Å². The number of rotatable bonds is 3. The number of nitrogens with zero attached hydrogens (tertiary/aromatic N) is 1. The molecule has 2 rings (SSSR count). The van der Waals surface area contributed by atoms with Gasteiger partial charge >= 0.3 is 0 Å². The molecule has 1 heterocycles. The van der Waals surface area contributed by atoms with Crippen LogP contribution in [0.4, 0.5) is 0 Å². The first-order valence-corrected chi connectivity index (χ1v) is 5.95. The van der Waals surface area contributed by atoms with Crippen LogP contribution in [-0.4, -0.2) is 28.0 Å². The van der Waals surface area contributed by atoms with Crippen molar-refractivity contribution in [2.24, 2.45) is 0 Å². The van der Waals surface area contributed by atoms with Gasteiger partial charge in [0.15, 0.2) is 0 Å².